The van der Waals surface area contributed by atoms with Crippen molar-refractivity contribution >= 4 is 44.1 Å². The number of H-pyrrole nitrogens is 1. The van der Waals surface area contributed by atoms with Crippen molar-refractivity contribution in [3.8, 4) is 5.75 Å². The summed E-state index contributed by atoms with van der Waals surface area (Å²) in [6.07, 6.45) is 12.0. The van der Waals surface area contributed by atoms with Crippen molar-refractivity contribution < 1.29 is 4.74 Å². The molecule has 0 amide bonds. The number of aromatic amines is 1. The normalized spacial score (nSPS) is 11.7. The van der Waals surface area contributed by atoms with Crippen molar-refractivity contribution in [1.29, 1.82) is 0 Å². The first-order valence-corrected chi connectivity index (χ1v) is 13.3. The van der Waals surface area contributed by atoms with Crippen LogP contribution in [0.3, 0.4) is 0 Å². The molecule has 35 heavy (non-hydrogen) atoms. The molecule has 0 fully saturated rings. The summed E-state index contributed by atoms with van der Waals surface area (Å²) in [4.78, 5) is 20.9. The van der Waals surface area contributed by atoms with E-state index >= 15 is 0 Å². The van der Waals surface area contributed by atoms with Gasteiger partial charge in [-0.05, 0) is 61.4 Å². The molecular formula is C28H33BrN4O2. The molecule has 0 spiro atoms. The van der Waals surface area contributed by atoms with Gasteiger partial charge in [-0.1, -0.05) is 67.8 Å². The Morgan fingerprint density at radius 1 is 1.03 bits per heavy atom. The highest BCUT2D eigenvalue weighted by Crippen LogP contribution is 2.25. The monoisotopic (exact) mass is 536 g/mol. The van der Waals surface area contributed by atoms with Gasteiger partial charge in [0.25, 0.3) is 5.56 Å². The number of hydrogen-bond acceptors (Lipinski definition) is 4. The molecule has 1 N–H and O–H groups in total. The number of aromatic nitrogens is 3. The number of aryl methyl sites for hydroxylation is 1. The van der Waals surface area contributed by atoms with Gasteiger partial charge in [0.15, 0.2) is 0 Å². The molecule has 0 bridgehead atoms. The van der Waals surface area contributed by atoms with Gasteiger partial charge >= 0.3 is 0 Å². The van der Waals surface area contributed by atoms with Gasteiger partial charge in [0, 0.05) is 15.4 Å². The van der Waals surface area contributed by atoms with Gasteiger partial charge in [0.05, 0.1) is 12.8 Å². The molecule has 4 aromatic rings. The molecule has 0 unspecified atom stereocenters. The smallest absolute Gasteiger partial charge is 0.298 e. The highest BCUT2D eigenvalue weighted by Gasteiger charge is 2.13. The van der Waals surface area contributed by atoms with Crippen LogP contribution in [0.2, 0.25) is 0 Å². The van der Waals surface area contributed by atoms with Crippen LogP contribution in [-0.4, -0.2) is 27.5 Å². The van der Waals surface area contributed by atoms with Gasteiger partial charge in [0.1, 0.15) is 22.6 Å². The zero-order valence-corrected chi connectivity index (χ0v) is 22.1. The molecule has 0 radical (unpaired) electrons. The Morgan fingerprint density at radius 3 is 2.49 bits per heavy atom. The molecule has 6 nitrogen and oxygen atoms in total. The van der Waals surface area contributed by atoms with Crippen molar-refractivity contribution in [3.63, 3.8) is 0 Å². The van der Waals surface area contributed by atoms with E-state index in [1.807, 2.05) is 42.5 Å². The van der Waals surface area contributed by atoms with Crippen LogP contribution < -0.4 is 10.3 Å². The molecule has 0 saturated carbocycles. The number of halogens is 1. The van der Waals surface area contributed by atoms with Gasteiger partial charge in [-0.15, -0.1) is 0 Å². The summed E-state index contributed by atoms with van der Waals surface area (Å²) in [7, 11) is 0. The number of nitrogens with zero attached hydrogens (tertiary/aromatic N) is 3. The maximum atomic E-state index is 13.1. The summed E-state index contributed by atoms with van der Waals surface area (Å²) in [5, 5.41) is 5.32. The molecule has 0 saturated heterocycles. The number of nitrogens with one attached hydrogen (secondary N) is 1. The Labute approximate surface area is 214 Å². The van der Waals surface area contributed by atoms with Crippen LogP contribution in [0.25, 0.3) is 21.9 Å². The molecule has 7 heteroatoms. The Bertz CT molecular complexity index is 1360. The zero-order valence-electron chi connectivity index (χ0n) is 20.5. The minimum Gasteiger partial charge on any atom is -0.494 e. The topological polar surface area (TPSA) is 72.3 Å². The van der Waals surface area contributed by atoms with Gasteiger partial charge in [-0.2, -0.15) is 9.78 Å². The van der Waals surface area contributed by atoms with E-state index in [2.05, 4.69) is 37.9 Å². The SMILES string of the molecule is CCCCCCCCCCOc1ccc(/C=N/n2c(C)nc3c([nH]c4ccc(Br)cc43)c2=O)cc1. The molecule has 0 atom stereocenters. The Hall–Kier alpha value is -2.93. The first-order valence-electron chi connectivity index (χ1n) is 12.5. The minimum atomic E-state index is -0.221. The lowest BCUT2D eigenvalue weighted by Crippen LogP contribution is -2.20. The van der Waals surface area contributed by atoms with Gasteiger partial charge < -0.3 is 9.72 Å². The Morgan fingerprint density at radius 2 is 1.74 bits per heavy atom. The minimum absolute atomic E-state index is 0.221. The average Bonchev–Trinajstić information content (AvgIpc) is 3.21. The van der Waals surface area contributed by atoms with Crippen molar-refractivity contribution in [2.75, 3.05) is 6.61 Å². The number of fused-ring (bicyclic) bond motifs is 3. The van der Waals surface area contributed by atoms with Gasteiger partial charge in [-0.3, -0.25) is 4.79 Å². The third-order valence-electron chi connectivity index (χ3n) is 6.19. The Kier molecular flexibility index (Phi) is 8.74. The number of unbranched alkanes of at least 4 members (excludes halogenated alkanes) is 7. The second kappa shape index (κ2) is 12.2. The van der Waals surface area contributed by atoms with Gasteiger partial charge in [0.2, 0.25) is 0 Å². The summed E-state index contributed by atoms with van der Waals surface area (Å²) in [5.41, 5.74) is 2.65. The predicted octanol–water partition coefficient (Wildman–Crippen LogP) is 7.35. The first-order chi connectivity index (χ1) is 17.1. The van der Waals surface area contributed by atoms with Crippen LogP contribution in [0, 0.1) is 6.92 Å². The summed E-state index contributed by atoms with van der Waals surface area (Å²) < 4.78 is 8.15. The predicted molar refractivity (Wildman–Crippen MR) is 148 cm³/mol. The maximum absolute atomic E-state index is 13.1. The second-order valence-corrected chi connectivity index (χ2v) is 9.87. The molecule has 0 aliphatic heterocycles. The van der Waals surface area contributed by atoms with E-state index in [1.165, 1.54) is 49.6 Å². The molecule has 2 heterocycles. The van der Waals surface area contributed by atoms with E-state index in [4.69, 9.17) is 4.74 Å². The largest absolute Gasteiger partial charge is 0.494 e. The molecule has 2 aromatic heterocycles. The van der Waals surface area contributed by atoms with Crippen LogP contribution in [-0.2, 0) is 0 Å². The molecular weight excluding hydrogens is 504 g/mol. The van der Waals surface area contributed by atoms with Crippen molar-refractivity contribution in [3.05, 3.63) is 68.7 Å². The molecule has 0 aliphatic rings. The number of ether oxygens (including phenoxy) is 1. The fourth-order valence-electron chi connectivity index (χ4n) is 4.22. The molecule has 0 aliphatic carbocycles. The first kappa shape index (κ1) is 25.2. The summed E-state index contributed by atoms with van der Waals surface area (Å²) in [5.74, 6) is 1.38. The van der Waals surface area contributed by atoms with E-state index in [0.29, 0.717) is 16.9 Å². The van der Waals surface area contributed by atoms with E-state index in [0.717, 1.165) is 39.7 Å². The van der Waals surface area contributed by atoms with Crippen molar-refractivity contribution in [2.24, 2.45) is 5.10 Å². The van der Waals surface area contributed by atoms with E-state index in [9.17, 15) is 4.79 Å². The van der Waals surface area contributed by atoms with Crippen LogP contribution in [0.4, 0.5) is 0 Å². The molecule has 4 rings (SSSR count). The number of hydrogen-bond donors (Lipinski definition) is 1. The number of benzene rings is 2. The lowest BCUT2D eigenvalue weighted by Gasteiger charge is -2.07. The maximum Gasteiger partial charge on any atom is 0.298 e. The summed E-state index contributed by atoms with van der Waals surface area (Å²) >= 11 is 3.49. The van der Waals surface area contributed by atoms with Crippen molar-refractivity contribution in [2.45, 2.75) is 65.2 Å². The third-order valence-corrected chi connectivity index (χ3v) is 6.68. The fraction of sp³-hybridized carbons (Fsp3) is 0.393. The molecule has 184 valence electrons. The average molecular weight is 538 g/mol. The Balaban J connectivity index is 1.35. The summed E-state index contributed by atoms with van der Waals surface area (Å²) in [6, 6.07) is 13.6. The summed E-state index contributed by atoms with van der Waals surface area (Å²) in [6.45, 7) is 4.78. The third kappa shape index (κ3) is 6.40. The molecule has 2 aromatic carbocycles. The number of rotatable bonds is 12. The fourth-order valence-corrected chi connectivity index (χ4v) is 4.58. The van der Waals surface area contributed by atoms with Crippen molar-refractivity contribution in [1.82, 2.24) is 14.6 Å². The standard InChI is InChI=1S/C28H33BrN4O2/c1-3-4-5-6-7-8-9-10-17-35-23-14-11-21(12-15-23)19-30-33-20(2)31-26-24-18-22(29)13-16-25(24)32-27(26)28(33)34/h11-16,18-19,32H,3-10,17H2,1-2H3/b30-19+. The van der Waals surface area contributed by atoms with Crippen LogP contribution >= 0.6 is 15.9 Å². The zero-order chi connectivity index (χ0) is 24.6. The van der Waals surface area contributed by atoms with Crippen LogP contribution in [0.15, 0.2) is 56.8 Å². The van der Waals surface area contributed by atoms with E-state index in [-0.39, 0.29) is 5.56 Å². The van der Waals surface area contributed by atoms with Crippen LogP contribution in [0.5, 0.6) is 5.75 Å². The highest BCUT2D eigenvalue weighted by molar-refractivity contribution is 9.10. The van der Waals surface area contributed by atoms with Gasteiger partial charge in [-0.25, -0.2) is 4.98 Å². The lowest BCUT2D eigenvalue weighted by molar-refractivity contribution is 0.304. The van der Waals surface area contributed by atoms with Crippen LogP contribution in [0.1, 0.15) is 69.7 Å². The van der Waals surface area contributed by atoms with E-state index in [1.54, 1.807) is 13.1 Å². The lowest BCUT2D eigenvalue weighted by atomic mass is 10.1. The quantitative estimate of drug-likeness (QED) is 0.152. The second-order valence-electron chi connectivity index (χ2n) is 8.95. The highest BCUT2D eigenvalue weighted by atomic mass is 79.9. The van der Waals surface area contributed by atoms with E-state index < -0.39 is 0 Å².